The molecule has 0 N–H and O–H groups in total. The first kappa shape index (κ1) is 25.2. The van der Waals surface area contributed by atoms with E-state index in [1.807, 2.05) is 24.4 Å². The third-order valence-corrected chi connectivity index (χ3v) is 5.80. The van der Waals surface area contributed by atoms with Crippen LogP contribution in [0.15, 0.2) is 36.5 Å². The summed E-state index contributed by atoms with van der Waals surface area (Å²) in [5.41, 5.74) is 3.09. The first-order valence-corrected chi connectivity index (χ1v) is 12.6. The Balaban J connectivity index is 1.96. The molecule has 0 aliphatic rings. The van der Waals surface area contributed by atoms with Gasteiger partial charge in [-0.05, 0) is 44.0 Å². The van der Waals surface area contributed by atoms with E-state index < -0.39 is 0 Å². The molecule has 0 saturated heterocycles. The minimum absolute atomic E-state index is 0.744. The Labute approximate surface area is 190 Å². The quantitative estimate of drug-likeness (QED) is 0.238. The zero-order valence-electron chi connectivity index (χ0n) is 20.1. The van der Waals surface area contributed by atoms with Crippen LogP contribution in [-0.2, 0) is 0 Å². The highest BCUT2D eigenvalue weighted by Gasteiger charge is 2.15. The molecule has 0 aliphatic carbocycles. The number of hydrogen-bond acceptors (Lipinski definition) is 3. The van der Waals surface area contributed by atoms with Crippen LogP contribution in [0.5, 0.6) is 11.5 Å². The van der Waals surface area contributed by atoms with E-state index in [1.54, 1.807) is 0 Å². The van der Waals surface area contributed by atoms with Crippen molar-refractivity contribution in [1.29, 1.82) is 0 Å². The van der Waals surface area contributed by atoms with Gasteiger partial charge in [-0.25, -0.2) is 0 Å². The molecule has 0 spiro atoms. The molecule has 0 atom stereocenters. The summed E-state index contributed by atoms with van der Waals surface area (Å²) in [5, 5.41) is 0. The minimum Gasteiger partial charge on any atom is -0.493 e. The summed E-state index contributed by atoms with van der Waals surface area (Å²) in [6.07, 6.45) is 17.0. The van der Waals surface area contributed by atoms with Crippen LogP contribution in [0.25, 0.3) is 11.3 Å². The van der Waals surface area contributed by atoms with Crippen molar-refractivity contribution < 1.29 is 9.47 Å². The number of rotatable bonds is 17. The Morgan fingerprint density at radius 2 is 1.29 bits per heavy atom. The molecule has 2 aromatic rings. The van der Waals surface area contributed by atoms with Crippen LogP contribution < -0.4 is 9.47 Å². The van der Waals surface area contributed by atoms with Crippen LogP contribution in [0, 0.1) is 6.92 Å². The van der Waals surface area contributed by atoms with Crippen LogP contribution in [0.1, 0.15) is 96.5 Å². The van der Waals surface area contributed by atoms with E-state index in [2.05, 4.69) is 37.9 Å². The summed E-state index contributed by atoms with van der Waals surface area (Å²) in [7, 11) is 0. The van der Waals surface area contributed by atoms with Crippen molar-refractivity contribution in [2.75, 3.05) is 13.2 Å². The molecule has 0 amide bonds. The van der Waals surface area contributed by atoms with Gasteiger partial charge in [0.2, 0.25) is 0 Å². The van der Waals surface area contributed by atoms with Crippen molar-refractivity contribution in [1.82, 2.24) is 4.98 Å². The Bertz CT molecular complexity index is 714. The molecular weight excluding hydrogens is 382 g/mol. The van der Waals surface area contributed by atoms with Crippen LogP contribution in [0.3, 0.4) is 0 Å². The zero-order valence-corrected chi connectivity index (χ0v) is 20.1. The maximum Gasteiger partial charge on any atom is 0.135 e. The Hall–Kier alpha value is -2.03. The van der Waals surface area contributed by atoms with Gasteiger partial charge in [0.15, 0.2) is 0 Å². The molecule has 0 saturated carbocycles. The second-order valence-electron chi connectivity index (χ2n) is 8.51. The molecule has 0 bridgehead atoms. The maximum absolute atomic E-state index is 6.32. The topological polar surface area (TPSA) is 31.4 Å². The molecule has 1 aromatic carbocycles. The fourth-order valence-corrected chi connectivity index (χ4v) is 3.86. The van der Waals surface area contributed by atoms with Crippen molar-refractivity contribution in [2.24, 2.45) is 0 Å². The van der Waals surface area contributed by atoms with Crippen LogP contribution in [-0.4, -0.2) is 18.2 Å². The standard InChI is InChI=1S/C28H43NO2/c1-4-6-8-10-12-16-22-30-27-20-19-25(26-18-14-15-21-29-26)28(24(27)3)31-23-17-13-11-9-7-5-2/h14-15,18-21H,4-13,16-17,22-23H2,1-3H3. The van der Waals surface area contributed by atoms with Gasteiger partial charge in [-0.15, -0.1) is 0 Å². The highest BCUT2D eigenvalue weighted by atomic mass is 16.5. The minimum atomic E-state index is 0.744. The van der Waals surface area contributed by atoms with E-state index in [0.29, 0.717) is 0 Å². The van der Waals surface area contributed by atoms with E-state index in [0.717, 1.165) is 54.4 Å². The van der Waals surface area contributed by atoms with E-state index in [4.69, 9.17) is 9.47 Å². The lowest BCUT2D eigenvalue weighted by atomic mass is 10.0. The van der Waals surface area contributed by atoms with E-state index in [9.17, 15) is 0 Å². The summed E-state index contributed by atoms with van der Waals surface area (Å²) in [5.74, 6) is 1.86. The predicted molar refractivity (Wildman–Crippen MR) is 132 cm³/mol. The van der Waals surface area contributed by atoms with Crippen LogP contribution in [0.2, 0.25) is 0 Å². The van der Waals surface area contributed by atoms with Gasteiger partial charge in [0.05, 0.1) is 18.9 Å². The molecule has 1 aromatic heterocycles. The lowest BCUT2D eigenvalue weighted by molar-refractivity contribution is 0.287. The highest BCUT2D eigenvalue weighted by Crippen LogP contribution is 2.37. The number of benzene rings is 1. The molecule has 31 heavy (non-hydrogen) atoms. The first-order valence-electron chi connectivity index (χ1n) is 12.6. The average molecular weight is 426 g/mol. The smallest absolute Gasteiger partial charge is 0.135 e. The number of pyridine rings is 1. The van der Waals surface area contributed by atoms with Crippen molar-refractivity contribution in [3.63, 3.8) is 0 Å². The molecule has 2 rings (SSSR count). The monoisotopic (exact) mass is 425 g/mol. The van der Waals surface area contributed by atoms with Gasteiger partial charge in [-0.2, -0.15) is 0 Å². The molecule has 0 fully saturated rings. The number of hydrogen-bond donors (Lipinski definition) is 0. The maximum atomic E-state index is 6.32. The van der Waals surface area contributed by atoms with Gasteiger partial charge >= 0.3 is 0 Å². The summed E-state index contributed by atoms with van der Waals surface area (Å²) >= 11 is 0. The summed E-state index contributed by atoms with van der Waals surface area (Å²) in [6, 6.07) is 10.2. The van der Waals surface area contributed by atoms with Crippen molar-refractivity contribution in [3.8, 4) is 22.8 Å². The van der Waals surface area contributed by atoms with Crippen molar-refractivity contribution in [3.05, 3.63) is 42.1 Å². The van der Waals surface area contributed by atoms with E-state index >= 15 is 0 Å². The molecule has 0 radical (unpaired) electrons. The number of nitrogens with zero attached hydrogens (tertiary/aromatic N) is 1. The Kier molecular flexibility index (Phi) is 12.8. The fraction of sp³-hybridized carbons (Fsp3) is 0.607. The molecule has 1 heterocycles. The molecule has 0 aliphatic heterocycles. The van der Waals surface area contributed by atoms with Crippen molar-refractivity contribution >= 4 is 0 Å². The van der Waals surface area contributed by atoms with Crippen LogP contribution >= 0.6 is 0 Å². The Morgan fingerprint density at radius 3 is 1.90 bits per heavy atom. The second kappa shape index (κ2) is 15.7. The van der Waals surface area contributed by atoms with Gasteiger partial charge in [-0.1, -0.05) is 84.1 Å². The van der Waals surface area contributed by atoms with E-state index in [-0.39, 0.29) is 0 Å². The average Bonchev–Trinajstić information content (AvgIpc) is 2.80. The summed E-state index contributed by atoms with van der Waals surface area (Å²) in [4.78, 5) is 4.55. The molecule has 3 nitrogen and oxygen atoms in total. The van der Waals surface area contributed by atoms with Gasteiger partial charge in [0.1, 0.15) is 11.5 Å². The van der Waals surface area contributed by atoms with Crippen LogP contribution in [0.4, 0.5) is 0 Å². The molecular formula is C28H43NO2. The molecule has 3 heteroatoms. The van der Waals surface area contributed by atoms with E-state index in [1.165, 1.54) is 64.2 Å². The van der Waals surface area contributed by atoms with Gasteiger partial charge in [0.25, 0.3) is 0 Å². The first-order chi connectivity index (χ1) is 15.3. The largest absolute Gasteiger partial charge is 0.493 e. The summed E-state index contributed by atoms with van der Waals surface area (Å²) in [6.45, 7) is 8.14. The highest BCUT2D eigenvalue weighted by molar-refractivity contribution is 5.71. The zero-order chi connectivity index (χ0) is 22.2. The number of aromatic nitrogens is 1. The third-order valence-electron chi connectivity index (χ3n) is 5.80. The van der Waals surface area contributed by atoms with Gasteiger partial charge in [0, 0.05) is 17.3 Å². The number of unbranched alkanes of at least 4 members (excludes halogenated alkanes) is 10. The van der Waals surface area contributed by atoms with Gasteiger partial charge in [-0.3, -0.25) is 4.98 Å². The third kappa shape index (κ3) is 9.33. The lowest BCUT2D eigenvalue weighted by Crippen LogP contribution is -2.04. The fourth-order valence-electron chi connectivity index (χ4n) is 3.86. The lowest BCUT2D eigenvalue weighted by Gasteiger charge is -2.17. The number of ether oxygens (including phenoxy) is 2. The SMILES string of the molecule is CCCCCCCCOc1ccc(-c2ccccn2)c(OCCCCCCCC)c1C. The Morgan fingerprint density at radius 1 is 0.677 bits per heavy atom. The normalized spacial score (nSPS) is 10.9. The predicted octanol–water partition coefficient (Wildman–Crippen LogP) is 8.54. The van der Waals surface area contributed by atoms with Gasteiger partial charge < -0.3 is 9.47 Å². The molecule has 172 valence electrons. The summed E-state index contributed by atoms with van der Waals surface area (Å²) < 4.78 is 12.5. The molecule has 0 unspecified atom stereocenters. The second-order valence-corrected chi connectivity index (χ2v) is 8.51. The van der Waals surface area contributed by atoms with Crippen molar-refractivity contribution in [2.45, 2.75) is 97.8 Å².